The van der Waals surface area contributed by atoms with E-state index in [1.807, 2.05) is 31.3 Å². The first-order valence-corrected chi connectivity index (χ1v) is 11.7. The summed E-state index contributed by atoms with van der Waals surface area (Å²) in [5, 5.41) is 12.3. The number of amides is 1. The first-order valence-electron chi connectivity index (χ1n) is 11.7. The van der Waals surface area contributed by atoms with Gasteiger partial charge in [0, 0.05) is 42.8 Å². The van der Waals surface area contributed by atoms with Crippen LogP contribution in [0, 0.1) is 6.92 Å². The molecular weight excluding hydrogens is 442 g/mol. The first kappa shape index (κ1) is 22.9. The summed E-state index contributed by atoms with van der Waals surface area (Å²) in [7, 11) is 4.11. The van der Waals surface area contributed by atoms with Crippen LogP contribution in [0.4, 0.5) is 5.69 Å². The number of anilines is 1. The van der Waals surface area contributed by atoms with E-state index in [4.69, 9.17) is 15.2 Å². The van der Waals surface area contributed by atoms with Gasteiger partial charge in [0.15, 0.2) is 0 Å². The summed E-state index contributed by atoms with van der Waals surface area (Å²) in [6, 6.07) is 13.3. The van der Waals surface area contributed by atoms with Crippen LogP contribution >= 0.6 is 0 Å². The maximum atomic E-state index is 11.7. The lowest BCUT2D eigenvalue weighted by Crippen LogP contribution is -2.20. The number of imidazole rings is 1. The van der Waals surface area contributed by atoms with Crippen molar-refractivity contribution in [2.45, 2.75) is 25.2 Å². The van der Waals surface area contributed by atoms with Gasteiger partial charge in [-0.3, -0.25) is 14.4 Å². The zero-order chi connectivity index (χ0) is 24.6. The van der Waals surface area contributed by atoms with Crippen LogP contribution < -0.4 is 10.8 Å². The quantitative estimate of drug-likeness (QED) is 0.267. The Morgan fingerprint density at radius 3 is 2.60 bits per heavy atom. The van der Waals surface area contributed by atoms with Gasteiger partial charge in [-0.2, -0.15) is 0 Å². The van der Waals surface area contributed by atoms with E-state index in [1.165, 1.54) is 0 Å². The highest BCUT2D eigenvalue weighted by Gasteiger charge is 2.48. The molecule has 9 nitrogen and oxygen atoms in total. The van der Waals surface area contributed by atoms with Gasteiger partial charge in [0.25, 0.3) is 5.91 Å². The van der Waals surface area contributed by atoms with Gasteiger partial charge in [0.1, 0.15) is 11.5 Å². The second-order valence-electron chi connectivity index (χ2n) is 9.29. The van der Waals surface area contributed by atoms with Gasteiger partial charge in [-0.25, -0.2) is 20.4 Å². The number of carbonyl (C=O) groups excluding carboxylic acids is 1. The topological polar surface area (TPSA) is 108 Å². The fraction of sp³-hybridized carbons (Fsp3) is 0.308. The number of hydrogen-bond donors (Lipinski definition) is 3. The number of hydroxylamine groups is 1. The average molecular weight is 472 g/mol. The zero-order valence-corrected chi connectivity index (χ0v) is 20.1. The van der Waals surface area contributed by atoms with Gasteiger partial charge in [0.2, 0.25) is 0 Å². The van der Waals surface area contributed by atoms with E-state index in [2.05, 4.69) is 45.8 Å². The highest BCUT2D eigenvalue weighted by molar-refractivity contribution is 5.93. The minimum absolute atomic E-state index is 0.262. The van der Waals surface area contributed by atoms with Gasteiger partial charge in [0.05, 0.1) is 22.5 Å². The Hall–Kier alpha value is -3.82. The Labute approximate surface area is 203 Å². The number of rotatable bonds is 8. The lowest BCUT2D eigenvalue weighted by Gasteiger charge is -2.16. The van der Waals surface area contributed by atoms with Gasteiger partial charge >= 0.3 is 0 Å². The Balaban J connectivity index is 1.45. The van der Waals surface area contributed by atoms with Gasteiger partial charge in [-0.05, 0) is 63.7 Å². The molecule has 0 aliphatic heterocycles. The molecule has 35 heavy (non-hydrogen) atoms. The summed E-state index contributed by atoms with van der Waals surface area (Å²) in [6.07, 6.45) is 5.72. The normalized spacial score (nSPS) is 14.3. The van der Waals surface area contributed by atoms with Crippen LogP contribution in [0.2, 0.25) is 0 Å². The molecule has 9 heteroatoms. The van der Waals surface area contributed by atoms with Crippen LogP contribution in [-0.4, -0.2) is 62.6 Å². The third-order valence-corrected chi connectivity index (χ3v) is 6.57. The number of hydrogen-bond acceptors (Lipinski definition) is 7. The second kappa shape index (κ2) is 9.09. The summed E-state index contributed by atoms with van der Waals surface area (Å²) in [5.41, 5.74) is 7.46. The number of fused-ring (bicyclic) bond motifs is 1. The van der Waals surface area contributed by atoms with Crippen LogP contribution in [-0.2, 0) is 5.41 Å². The summed E-state index contributed by atoms with van der Waals surface area (Å²) in [5.74, 6) is 0.240. The third-order valence-electron chi connectivity index (χ3n) is 6.57. The van der Waals surface area contributed by atoms with Crippen molar-refractivity contribution in [3.05, 3.63) is 77.5 Å². The van der Waals surface area contributed by atoms with Crippen LogP contribution in [0.15, 0.2) is 54.9 Å². The number of likely N-dealkylation sites (N-methyl/N-ethyl adjacent to an activating group) is 1. The molecule has 0 atom stereocenters. The maximum absolute atomic E-state index is 11.7. The molecular formula is C26H29N7O2. The zero-order valence-electron chi connectivity index (χ0n) is 20.1. The Kier molecular flexibility index (Phi) is 5.96. The molecule has 180 valence electrons. The Bertz CT molecular complexity index is 1370. The monoisotopic (exact) mass is 471 g/mol. The highest BCUT2D eigenvalue weighted by Crippen LogP contribution is 2.52. The number of pyridine rings is 1. The van der Waals surface area contributed by atoms with E-state index >= 15 is 0 Å². The minimum atomic E-state index is -0.529. The van der Waals surface area contributed by atoms with E-state index in [1.54, 1.807) is 23.8 Å². The molecule has 3 heterocycles. The van der Waals surface area contributed by atoms with Crippen molar-refractivity contribution < 1.29 is 10.0 Å². The molecule has 0 bridgehead atoms. The molecule has 1 aromatic carbocycles. The molecule has 5 rings (SSSR count). The van der Waals surface area contributed by atoms with E-state index in [0.29, 0.717) is 5.56 Å². The molecule has 0 unspecified atom stereocenters. The van der Waals surface area contributed by atoms with Gasteiger partial charge < -0.3 is 10.2 Å². The van der Waals surface area contributed by atoms with Crippen molar-refractivity contribution in [1.29, 1.82) is 0 Å². The van der Waals surface area contributed by atoms with E-state index in [9.17, 15) is 4.79 Å². The summed E-state index contributed by atoms with van der Waals surface area (Å²) >= 11 is 0. The molecule has 1 fully saturated rings. The highest BCUT2D eigenvalue weighted by atomic mass is 16.5. The summed E-state index contributed by atoms with van der Waals surface area (Å²) in [6.45, 7) is 3.81. The van der Waals surface area contributed by atoms with Crippen LogP contribution in [0.1, 0.15) is 40.3 Å². The van der Waals surface area contributed by atoms with Gasteiger partial charge in [-0.15, -0.1) is 0 Å². The molecule has 1 saturated carbocycles. The SMILES string of the molecule is Cc1nc2cc(NCCN(C)C)ccn2c1-c1ccnc(C2(c3ccc(C(=O)NO)cc3)CC2)n1. The number of benzene rings is 1. The number of nitrogens with one attached hydrogen (secondary N) is 2. The smallest absolute Gasteiger partial charge is 0.274 e. The summed E-state index contributed by atoms with van der Waals surface area (Å²) < 4.78 is 2.07. The lowest BCUT2D eigenvalue weighted by atomic mass is 9.93. The fourth-order valence-electron chi connectivity index (χ4n) is 4.50. The van der Waals surface area contributed by atoms with Crippen molar-refractivity contribution in [1.82, 2.24) is 29.7 Å². The predicted molar refractivity (Wildman–Crippen MR) is 134 cm³/mol. The fourth-order valence-corrected chi connectivity index (χ4v) is 4.50. The van der Waals surface area contributed by atoms with Crippen molar-refractivity contribution in [3.63, 3.8) is 0 Å². The maximum Gasteiger partial charge on any atom is 0.274 e. The van der Waals surface area contributed by atoms with Crippen LogP contribution in [0.3, 0.4) is 0 Å². The van der Waals surface area contributed by atoms with Crippen LogP contribution in [0.5, 0.6) is 0 Å². The van der Waals surface area contributed by atoms with Crippen molar-refractivity contribution in [3.8, 4) is 11.4 Å². The number of aromatic nitrogens is 4. The Morgan fingerprint density at radius 2 is 1.91 bits per heavy atom. The minimum Gasteiger partial charge on any atom is -0.384 e. The third kappa shape index (κ3) is 4.36. The molecule has 0 spiro atoms. The van der Waals surface area contributed by atoms with E-state index in [-0.39, 0.29) is 5.41 Å². The molecule has 4 aromatic rings. The van der Waals surface area contributed by atoms with Crippen LogP contribution in [0.25, 0.3) is 17.0 Å². The van der Waals surface area contributed by atoms with Crippen molar-refractivity contribution in [2.75, 3.05) is 32.5 Å². The molecule has 0 saturated heterocycles. The summed E-state index contributed by atoms with van der Waals surface area (Å²) in [4.78, 5) is 28.2. The van der Waals surface area contributed by atoms with E-state index in [0.717, 1.165) is 65.7 Å². The largest absolute Gasteiger partial charge is 0.384 e. The Morgan fingerprint density at radius 1 is 1.14 bits per heavy atom. The molecule has 1 amide bonds. The second-order valence-corrected chi connectivity index (χ2v) is 9.29. The standard InChI is InChI=1S/C26H29N7O2/c1-17-23(33-14-9-20(16-22(33)29-17)27-13-15-32(2)3)21-8-12-28-25(30-21)26(10-11-26)19-6-4-18(5-7-19)24(34)31-35/h4-9,12,14,16,27,35H,10-11,13,15H2,1-3H3,(H,31,34). The lowest BCUT2D eigenvalue weighted by molar-refractivity contribution is 0.0706. The molecule has 1 aliphatic rings. The molecule has 0 radical (unpaired) electrons. The van der Waals surface area contributed by atoms with Gasteiger partial charge in [-0.1, -0.05) is 12.1 Å². The average Bonchev–Trinajstić information content (AvgIpc) is 3.61. The van der Waals surface area contributed by atoms with Crippen molar-refractivity contribution >= 4 is 17.2 Å². The molecule has 3 aromatic heterocycles. The predicted octanol–water partition coefficient (Wildman–Crippen LogP) is 3.27. The molecule has 3 N–H and O–H groups in total. The number of carbonyl (C=O) groups is 1. The number of nitrogens with zero attached hydrogens (tertiary/aromatic N) is 5. The van der Waals surface area contributed by atoms with E-state index < -0.39 is 5.91 Å². The number of aryl methyl sites for hydroxylation is 1. The molecule has 1 aliphatic carbocycles. The van der Waals surface area contributed by atoms with Crippen molar-refractivity contribution in [2.24, 2.45) is 0 Å². The first-order chi connectivity index (χ1) is 16.9.